The summed E-state index contributed by atoms with van der Waals surface area (Å²) in [6.45, 7) is 0. The molecule has 2 N–H and O–H groups in total. The van der Waals surface area contributed by atoms with E-state index in [0.29, 0.717) is 10.4 Å². The zero-order valence-corrected chi connectivity index (χ0v) is 10.1. The van der Waals surface area contributed by atoms with E-state index in [-0.39, 0.29) is 28.3 Å². The van der Waals surface area contributed by atoms with Crippen molar-refractivity contribution in [3.05, 3.63) is 28.3 Å². The third-order valence-electron chi connectivity index (χ3n) is 2.34. The molecule has 1 aliphatic heterocycles. The van der Waals surface area contributed by atoms with Crippen LogP contribution in [0.2, 0.25) is 5.02 Å². The smallest absolute Gasteiger partial charge is 0.313 e. The highest BCUT2D eigenvalue weighted by Gasteiger charge is 2.16. The molecule has 0 unspecified atom stereocenters. The minimum atomic E-state index is -0.550. The van der Waals surface area contributed by atoms with Gasteiger partial charge in [-0.05, 0) is 12.1 Å². The van der Waals surface area contributed by atoms with Crippen LogP contribution in [0, 0.1) is 5.41 Å². The average Bonchev–Trinajstić information content (AvgIpc) is 2.35. The first-order chi connectivity index (χ1) is 8.52. The number of nitrogens with one attached hydrogen (secondary N) is 1. The van der Waals surface area contributed by atoms with Gasteiger partial charge in [-0.2, -0.15) is 4.73 Å². The monoisotopic (exact) mass is 268 g/mol. The predicted molar refractivity (Wildman–Crippen MR) is 60.4 cm³/mol. The Kier molecular flexibility index (Phi) is 3.15. The van der Waals surface area contributed by atoms with Gasteiger partial charge < -0.3 is 9.94 Å². The highest BCUT2D eigenvalue weighted by Crippen LogP contribution is 2.19. The van der Waals surface area contributed by atoms with Crippen LogP contribution in [0.4, 0.5) is 0 Å². The lowest BCUT2D eigenvalue weighted by Gasteiger charge is -2.12. The van der Waals surface area contributed by atoms with Gasteiger partial charge in [-0.25, -0.2) is 0 Å². The van der Waals surface area contributed by atoms with Crippen molar-refractivity contribution >= 4 is 17.6 Å². The van der Waals surface area contributed by atoms with Crippen molar-refractivity contribution in [1.29, 1.82) is 5.41 Å². The van der Waals surface area contributed by atoms with Crippen LogP contribution < -0.4 is 5.36 Å². The van der Waals surface area contributed by atoms with E-state index in [9.17, 15) is 10.0 Å². The minimum absolute atomic E-state index is 0.0241. The standard InChI is InChI=1S/C10H9ClN4O3/c1-18-10(16)4-9-14-13-7-2-5(11)6(12)3-8(7)15(9)17/h2-3,12,17H,4H2,1H3. The highest BCUT2D eigenvalue weighted by atomic mass is 35.5. The van der Waals surface area contributed by atoms with Crippen molar-refractivity contribution in [2.75, 3.05) is 7.11 Å². The third kappa shape index (κ3) is 2.12. The van der Waals surface area contributed by atoms with Gasteiger partial charge in [0.1, 0.15) is 17.8 Å². The van der Waals surface area contributed by atoms with E-state index >= 15 is 0 Å². The number of ether oxygens (including phenoxy) is 1. The molecule has 0 aromatic rings. The Bertz CT molecular complexity index is 640. The molecule has 2 aliphatic rings. The first-order valence-electron chi connectivity index (χ1n) is 4.91. The van der Waals surface area contributed by atoms with Gasteiger partial charge in [-0.1, -0.05) is 11.6 Å². The molecule has 2 rings (SSSR count). The number of carbonyl (C=O) groups excluding carboxylic acids is 1. The molecule has 18 heavy (non-hydrogen) atoms. The molecule has 0 saturated carbocycles. The van der Waals surface area contributed by atoms with E-state index in [2.05, 4.69) is 14.9 Å². The van der Waals surface area contributed by atoms with Gasteiger partial charge in [0.2, 0.25) is 0 Å². The maximum absolute atomic E-state index is 11.1. The molecule has 1 aliphatic carbocycles. The molecule has 0 fully saturated rings. The van der Waals surface area contributed by atoms with Crippen molar-refractivity contribution in [2.24, 2.45) is 0 Å². The number of benzene rings is 1. The van der Waals surface area contributed by atoms with Gasteiger partial charge in [0.15, 0.2) is 5.82 Å². The summed E-state index contributed by atoms with van der Waals surface area (Å²) >= 11 is 5.77. The molecular formula is C10H9ClN4O3. The largest absolute Gasteiger partial charge is 0.469 e. The zero-order chi connectivity index (χ0) is 13.3. The Morgan fingerprint density at radius 2 is 2.28 bits per heavy atom. The lowest BCUT2D eigenvalue weighted by molar-refractivity contribution is -0.140. The Morgan fingerprint density at radius 1 is 1.56 bits per heavy atom. The summed E-state index contributed by atoms with van der Waals surface area (Å²) in [7, 11) is 1.24. The average molecular weight is 269 g/mol. The second-order valence-electron chi connectivity index (χ2n) is 3.50. The first kappa shape index (κ1) is 12.3. The first-order valence-corrected chi connectivity index (χ1v) is 5.29. The molecule has 0 bridgehead atoms. The summed E-state index contributed by atoms with van der Waals surface area (Å²) in [6, 6.07) is 2.76. The molecule has 0 saturated heterocycles. The fourth-order valence-electron chi connectivity index (χ4n) is 1.41. The highest BCUT2D eigenvalue weighted by molar-refractivity contribution is 6.30. The summed E-state index contributed by atoms with van der Waals surface area (Å²) in [6.07, 6.45) is -0.216. The van der Waals surface area contributed by atoms with Gasteiger partial charge in [0.25, 0.3) is 0 Å². The summed E-state index contributed by atoms with van der Waals surface area (Å²) in [5.41, 5.74) is 0.574. The number of hydrogen-bond acceptors (Lipinski definition) is 6. The van der Waals surface area contributed by atoms with E-state index in [1.54, 1.807) is 0 Å². The number of hydrogen-bond donors (Lipinski definition) is 2. The number of methoxy groups -OCH3 is 1. The van der Waals surface area contributed by atoms with Gasteiger partial charge in [0, 0.05) is 0 Å². The topological polar surface area (TPSA) is 101 Å². The summed E-state index contributed by atoms with van der Waals surface area (Å²) < 4.78 is 5.18. The normalized spacial score (nSPS) is 10.6. The maximum atomic E-state index is 11.1. The van der Waals surface area contributed by atoms with E-state index in [0.717, 1.165) is 0 Å². The van der Waals surface area contributed by atoms with Crippen molar-refractivity contribution < 1.29 is 14.7 Å². The Hall–Kier alpha value is -2.15. The number of nitrogens with zero attached hydrogens (tertiary/aromatic N) is 3. The third-order valence-corrected chi connectivity index (χ3v) is 2.65. The van der Waals surface area contributed by atoms with Crippen molar-refractivity contribution in [1.82, 2.24) is 14.9 Å². The fraction of sp³-hybridized carbons (Fsp3) is 0.200. The van der Waals surface area contributed by atoms with Crippen molar-refractivity contribution in [3.63, 3.8) is 0 Å². The van der Waals surface area contributed by atoms with Crippen LogP contribution in [-0.4, -0.2) is 33.2 Å². The SMILES string of the molecule is COC(=O)Cc1nnc2cc(Cl)c(=N)cc-2n1O. The van der Waals surface area contributed by atoms with Crippen LogP contribution in [0.15, 0.2) is 12.1 Å². The van der Waals surface area contributed by atoms with Crippen LogP contribution in [0.5, 0.6) is 0 Å². The van der Waals surface area contributed by atoms with E-state index in [1.165, 1.54) is 19.2 Å². The van der Waals surface area contributed by atoms with Crippen molar-refractivity contribution in [2.45, 2.75) is 6.42 Å². The molecule has 0 atom stereocenters. The number of halogens is 1. The molecule has 1 heterocycles. The lowest BCUT2D eigenvalue weighted by Crippen LogP contribution is -2.18. The van der Waals surface area contributed by atoms with Gasteiger partial charge in [0.05, 0.1) is 17.5 Å². The molecule has 0 amide bonds. The van der Waals surface area contributed by atoms with E-state index < -0.39 is 5.97 Å². The summed E-state index contributed by atoms with van der Waals surface area (Å²) in [5, 5.41) is 25.2. The molecule has 0 radical (unpaired) electrons. The zero-order valence-electron chi connectivity index (χ0n) is 9.35. The second-order valence-corrected chi connectivity index (χ2v) is 3.91. The lowest BCUT2D eigenvalue weighted by atomic mass is 10.2. The minimum Gasteiger partial charge on any atom is -0.469 e. The molecule has 0 spiro atoms. The fourth-order valence-corrected chi connectivity index (χ4v) is 1.56. The molecular weight excluding hydrogens is 260 g/mol. The van der Waals surface area contributed by atoms with Crippen LogP contribution in [-0.2, 0) is 16.0 Å². The summed E-state index contributed by atoms with van der Waals surface area (Å²) in [5.74, 6) is -0.525. The van der Waals surface area contributed by atoms with E-state index in [4.69, 9.17) is 17.0 Å². The van der Waals surface area contributed by atoms with Crippen LogP contribution >= 0.6 is 11.6 Å². The van der Waals surface area contributed by atoms with E-state index in [1.807, 2.05) is 0 Å². The predicted octanol–water partition coefficient (Wildman–Crippen LogP) is 0.469. The number of fused-ring (bicyclic) bond motifs is 1. The Labute approximate surface area is 106 Å². The molecule has 0 aromatic heterocycles. The number of carbonyl (C=O) groups is 1. The van der Waals surface area contributed by atoms with Crippen LogP contribution in [0.1, 0.15) is 5.82 Å². The van der Waals surface area contributed by atoms with Crippen LogP contribution in [0.25, 0.3) is 11.4 Å². The van der Waals surface area contributed by atoms with Gasteiger partial charge in [-0.15, -0.1) is 10.2 Å². The molecule has 94 valence electrons. The molecule has 0 aromatic carbocycles. The quantitative estimate of drug-likeness (QED) is 0.609. The van der Waals surface area contributed by atoms with Gasteiger partial charge >= 0.3 is 5.97 Å². The van der Waals surface area contributed by atoms with Crippen LogP contribution in [0.3, 0.4) is 0 Å². The molecule has 8 heteroatoms. The number of aromatic nitrogens is 3. The Morgan fingerprint density at radius 3 is 2.94 bits per heavy atom. The maximum Gasteiger partial charge on any atom is 0.313 e. The second kappa shape index (κ2) is 4.61. The Balaban J connectivity index is 2.57. The number of esters is 1. The van der Waals surface area contributed by atoms with Crippen molar-refractivity contribution in [3.8, 4) is 11.4 Å². The number of rotatable bonds is 2. The summed E-state index contributed by atoms with van der Waals surface area (Å²) in [4.78, 5) is 11.1. The van der Waals surface area contributed by atoms with Gasteiger partial charge in [-0.3, -0.25) is 10.2 Å². The molecule has 7 nitrogen and oxygen atoms in total.